The zero-order chi connectivity index (χ0) is 14.2. The third-order valence-corrected chi connectivity index (χ3v) is 4.36. The van der Waals surface area contributed by atoms with Crippen LogP contribution in [0.5, 0.6) is 0 Å². The van der Waals surface area contributed by atoms with Crippen molar-refractivity contribution in [1.82, 2.24) is 9.78 Å². The van der Waals surface area contributed by atoms with Crippen LogP contribution in [0.3, 0.4) is 0 Å². The first-order valence-corrected chi connectivity index (χ1v) is 7.04. The zero-order valence-electron chi connectivity index (χ0n) is 11.0. The predicted octanol–water partition coefficient (Wildman–Crippen LogP) is 3.88. The summed E-state index contributed by atoms with van der Waals surface area (Å²) in [6.45, 7) is 3.85. The van der Waals surface area contributed by atoms with Crippen molar-refractivity contribution in [2.24, 2.45) is 7.05 Å². The topological polar surface area (TPSA) is 34.9 Å². The number of ketones is 1. The number of hydrogen-bond acceptors (Lipinski definition) is 2. The molecule has 0 unspecified atom stereocenters. The summed E-state index contributed by atoms with van der Waals surface area (Å²) in [6.07, 6.45) is 0.278. The average molecular weight is 342 g/mol. The molecule has 1 heterocycles. The number of rotatable bonds is 3. The van der Waals surface area contributed by atoms with E-state index in [9.17, 15) is 4.79 Å². The SMILES string of the molecule is Cc1ccc(C(=O)Cc2c(Br)c(C)nn2C)c(Cl)c1. The Balaban J connectivity index is 2.31. The van der Waals surface area contributed by atoms with Gasteiger partial charge in [-0.25, -0.2) is 0 Å². The molecule has 1 aromatic carbocycles. The second kappa shape index (κ2) is 5.47. The van der Waals surface area contributed by atoms with Gasteiger partial charge in [0, 0.05) is 12.6 Å². The Morgan fingerprint density at radius 2 is 2.11 bits per heavy atom. The molecule has 0 fully saturated rings. The van der Waals surface area contributed by atoms with Crippen molar-refractivity contribution in [2.45, 2.75) is 20.3 Å². The van der Waals surface area contributed by atoms with E-state index in [0.29, 0.717) is 10.6 Å². The summed E-state index contributed by atoms with van der Waals surface area (Å²) in [5, 5.41) is 4.78. The average Bonchev–Trinajstić information content (AvgIpc) is 2.56. The van der Waals surface area contributed by atoms with E-state index in [2.05, 4.69) is 21.0 Å². The van der Waals surface area contributed by atoms with Gasteiger partial charge in [0.25, 0.3) is 0 Å². The molecule has 0 aliphatic heterocycles. The minimum atomic E-state index is -0.00583. The Morgan fingerprint density at radius 3 is 2.63 bits per heavy atom. The Labute approximate surface area is 125 Å². The van der Waals surface area contributed by atoms with Crippen molar-refractivity contribution < 1.29 is 4.79 Å². The summed E-state index contributed by atoms with van der Waals surface area (Å²) >= 11 is 9.58. The van der Waals surface area contributed by atoms with E-state index >= 15 is 0 Å². The number of Topliss-reactive ketones (excluding diaryl/α,β-unsaturated/α-hetero) is 1. The molecule has 0 saturated heterocycles. The molecule has 3 nitrogen and oxygen atoms in total. The normalized spacial score (nSPS) is 10.8. The first-order valence-electron chi connectivity index (χ1n) is 5.87. The lowest BCUT2D eigenvalue weighted by Crippen LogP contribution is -2.09. The molecule has 2 rings (SSSR count). The maximum absolute atomic E-state index is 12.3. The van der Waals surface area contributed by atoms with E-state index < -0.39 is 0 Å². The minimum Gasteiger partial charge on any atom is -0.294 e. The molecule has 0 radical (unpaired) electrons. The van der Waals surface area contributed by atoms with Crippen molar-refractivity contribution in [2.75, 3.05) is 0 Å². The fourth-order valence-corrected chi connectivity index (χ4v) is 2.78. The van der Waals surface area contributed by atoms with Gasteiger partial charge in [0.05, 0.1) is 27.3 Å². The molecule has 100 valence electrons. The van der Waals surface area contributed by atoms with E-state index in [1.165, 1.54) is 0 Å². The molecule has 0 saturated carbocycles. The summed E-state index contributed by atoms with van der Waals surface area (Å²) in [7, 11) is 1.83. The summed E-state index contributed by atoms with van der Waals surface area (Å²) in [5.74, 6) is -0.00583. The van der Waals surface area contributed by atoms with Crippen LogP contribution in [0.1, 0.15) is 27.3 Å². The van der Waals surface area contributed by atoms with Crippen LogP contribution in [0.4, 0.5) is 0 Å². The number of aryl methyl sites for hydroxylation is 3. The number of carbonyl (C=O) groups excluding carboxylic acids is 1. The van der Waals surface area contributed by atoms with Gasteiger partial charge >= 0.3 is 0 Å². The van der Waals surface area contributed by atoms with E-state index in [-0.39, 0.29) is 12.2 Å². The molecule has 19 heavy (non-hydrogen) atoms. The molecule has 0 aliphatic rings. The summed E-state index contributed by atoms with van der Waals surface area (Å²) < 4.78 is 2.60. The van der Waals surface area contributed by atoms with Crippen LogP contribution in [-0.4, -0.2) is 15.6 Å². The molecular weight excluding hydrogens is 328 g/mol. The standard InChI is InChI=1S/C14H14BrClN2O/c1-8-4-5-10(11(16)6-8)13(19)7-12-14(15)9(2)17-18(12)3/h4-6H,7H2,1-3H3. The maximum Gasteiger partial charge on any atom is 0.170 e. The van der Waals surface area contributed by atoms with Crippen LogP contribution in [0.15, 0.2) is 22.7 Å². The second-order valence-corrected chi connectivity index (χ2v) is 5.75. The fourth-order valence-electron chi connectivity index (χ4n) is 1.97. The molecule has 0 bridgehead atoms. The third-order valence-electron chi connectivity index (χ3n) is 3.01. The van der Waals surface area contributed by atoms with E-state index in [4.69, 9.17) is 11.6 Å². The lowest BCUT2D eigenvalue weighted by molar-refractivity contribution is 0.0990. The van der Waals surface area contributed by atoms with Gasteiger partial charge in [-0.05, 0) is 47.5 Å². The van der Waals surface area contributed by atoms with Gasteiger partial charge in [-0.1, -0.05) is 17.7 Å². The van der Waals surface area contributed by atoms with Gasteiger partial charge in [0.2, 0.25) is 0 Å². The van der Waals surface area contributed by atoms with E-state index in [1.807, 2.05) is 27.0 Å². The third kappa shape index (κ3) is 2.90. The first kappa shape index (κ1) is 14.3. The van der Waals surface area contributed by atoms with Crippen LogP contribution in [-0.2, 0) is 13.5 Å². The summed E-state index contributed by atoms with van der Waals surface area (Å²) in [6, 6.07) is 5.47. The molecular formula is C14H14BrClN2O. The monoisotopic (exact) mass is 340 g/mol. The predicted molar refractivity (Wildman–Crippen MR) is 79.9 cm³/mol. The number of hydrogen-bond donors (Lipinski definition) is 0. The Bertz CT molecular complexity index is 649. The Kier molecular flexibility index (Phi) is 4.11. The van der Waals surface area contributed by atoms with E-state index in [1.54, 1.807) is 16.8 Å². The first-order chi connectivity index (χ1) is 8.90. The highest BCUT2D eigenvalue weighted by atomic mass is 79.9. The van der Waals surface area contributed by atoms with Gasteiger partial charge in [-0.15, -0.1) is 0 Å². The van der Waals surface area contributed by atoms with Gasteiger partial charge in [-0.3, -0.25) is 9.48 Å². The largest absolute Gasteiger partial charge is 0.294 e. The highest BCUT2D eigenvalue weighted by Crippen LogP contribution is 2.24. The van der Waals surface area contributed by atoms with E-state index in [0.717, 1.165) is 21.4 Å². The van der Waals surface area contributed by atoms with Crippen LogP contribution < -0.4 is 0 Å². The van der Waals surface area contributed by atoms with Crippen molar-refractivity contribution >= 4 is 33.3 Å². The lowest BCUT2D eigenvalue weighted by Gasteiger charge is -2.06. The highest BCUT2D eigenvalue weighted by molar-refractivity contribution is 9.10. The summed E-state index contributed by atoms with van der Waals surface area (Å²) in [4.78, 5) is 12.3. The highest BCUT2D eigenvalue weighted by Gasteiger charge is 2.17. The molecule has 0 amide bonds. The second-order valence-electron chi connectivity index (χ2n) is 4.55. The summed E-state index contributed by atoms with van der Waals surface area (Å²) in [5.41, 5.74) is 3.33. The number of halogens is 2. The van der Waals surface area contributed by atoms with Gasteiger partial charge < -0.3 is 0 Å². The molecule has 0 spiro atoms. The quantitative estimate of drug-likeness (QED) is 0.794. The maximum atomic E-state index is 12.3. The van der Waals surface area contributed by atoms with Gasteiger partial charge in [0.1, 0.15) is 0 Å². The van der Waals surface area contributed by atoms with Crippen molar-refractivity contribution in [3.8, 4) is 0 Å². The molecule has 0 N–H and O–H groups in total. The van der Waals surface area contributed by atoms with Crippen molar-refractivity contribution in [1.29, 1.82) is 0 Å². The number of carbonyl (C=O) groups is 1. The molecule has 0 aliphatic carbocycles. The molecule has 1 aromatic heterocycles. The minimum absolute atomic E-state index is 0.00583. The number of aromatic nitrogens is 2. The Morgan fingerprint density at radius 1 is 1.42 bits per heavy atom. The molecule has 2 aromatic rings. The molecule has 5 heteroatoms. The van der Waals surface area contributed by atoms with Crippen LogP contribution in [0.25, 0.3) is 0 Å². The van der Waals surface area contributed by atoms with Crippen LogP contribution >= 0.6 is 27.5 Å². The molecule has 0 atom stereocenters. The van der Waals surface area contributed by atoms with Gasteiger partial charge in [0.15, 0.2) is 5.78 Å². The Hall–Kier alpha value is -1.13. The fraction of sp³-hybridized carbons (Fsp3) is 0.286. The smallest absolute Gasteiger partial charge is 0.170 e. The zero-order valence-corrected chi connectivity index (χ0v) is 13.3. The van der Waals surface area contributed by atoms with Crippen molar-refractivity contribution in [3.05, 3.63) is 50.2 Å². The number of nitrogens with zero attached hydrogens (tertiary/aromatic N) is 2. The van der Waals surface area contributed by atoms with Crippen LogP contribution in [0, 0.1) is 13.8 Å². The van der Waals surface area contributed by atoms with Crippen LogP contribution in [0.2, 0.25) is 5.02 Å². The number of benzene rings is 1. The van der Waals surface area contributed by atoms with Crippen molar-refractivity contribution in [3.63, 3.8) is 0 Å². The van der Waals surface area contributed by atoms with Gasteiger partial charge in [-0.2, -0.15) is 5.10 Å². The lowest BCUT2D eigenvalue weighted by atomic mass is 10.0.